The van der Waals surface area contributed by atoms with Gasteiger partial charge in [0.05, 0.1) is 7.11 Å². The second-order valence-electron chi connectivity index (χ2n) is 6.84. The molecule has 0 fully saturated rings. The third-order valence-corrected chi connectivity index (χ3v) is 4.77. The fraction of sp³-hybridized carbons (Fsp3) is 0.333. The van der Waals surface area contributed by atoms with Crippen LogP contribution in [0.4, 0.5) is 0 Å². The molecule has 0 bridgehead atoms. The van der Waals surface area contributed by atoms with Gasteiger partial charge in [-0.15, -0.1) is 0 Å². The number of H-pyrrole nitrogens is 1. The number of pyridine rings is 1. The number of carbonyl (C=O) groups excluding carboxylic acids is 1. The average Bonchev–Trinajstić information content (AvgIpc) is 3.07. The minimum Gasteiger partial charge on any atom is -0.497 e. The Bertz CT molecular complexity index is 871. The molecule has 1 unspecified atom stereocenters. The number of aromatic amines is 1. The predicted molar refractivity (Wildman–Crippen MR) is 103 cm³/mol. The number of amides is 1. The zero-order chi connectivity index (χ0) is 18.5. The van der Waals surface area contributed by atoms with Gasteiger partial charge < -0.3 is 15.0 Å². The molecule has 3 rings (SSSR count). The summed E-state index contributed by atoms with van der Waals surface area (Å²) in [7, 11) is 1.67. The first-order valence-electron chi connectivity index (χ1n) is 8.89. The third kappa shape index (κ3) is 4.04. The zero-order valence-electron chi connectivity index (χ0n) is 15.5. The molecule has 2 N–H and O–H groups in total. The molecule has 0 spiro atoms. The molecule has 136 valence electrons. The highest BCUT2D eigenvalue weighted by atomic mass is 16.5. The minimum atomic E-state index is 0.0535. The van der Waals surface area contributed by atoms with Gasteiger partial charge in [-0.2, -0.15) is 0 Å². The van der Waals surface area contributed by atoms with Crippen molar-refractivity contribution < 1.29 is 9.53 Å². The van der Waals surface area contributed by atoms with Crippen LogP contribution in [0.1, 0.15) is 37.3 Å². The van der Waals surface area contributed by atoms with Gasteiger partial charge in [-0.25, -0.2) is 0 Å². The van der Waals surface area contributed by atoms with E-state index in [-0.39, 0.29) is 11.8 Å². The molecule has 0 radical (unpaired) electrons. The van der Waals surface area contributed by atoms with Gasteiger partial charge in [0.2, 0.25) is 5.91 Å². The Labute approximate surface area is 153 Å². The van der Waals surface area contributed by atoms with Crippen molar-refractivity contribution in [2.75, 3.05) is 7.11 Å². The molecule has 26 heavy (non-hydrogen) atoms. The Morgan fingerprint density at radius 2 is 2.00 bits per heavy atom. The van der Waals surface area contributed by atoms with Crippen molar-refractivity contribution in [1.82, 2.24) is 15.3 Å². The summed E-state index contributed by atoms with van der Waals surface area (Å²) in [5, 5.41) is 4.13. The van der Waals surface area contributed by atoms with Crippen molar-refractivity contribution in [3.63, 3.8) is 0 Å². The highest BCUT2D eigenvalue weighted by molar-refractivity contribution is 5.86. The van der Waals surface area contributed by atoms with E-state index in [0.717, 1.165) is 27.8 Å². The predicted octanol–water partition coefficient (Wildman–Crippen LogP) is 4.02. The molecule has 1 atom stereocenters. The Kier molecular flexibility index (Phi) is 5.56. The summed E-state index contributed by atoms with van der Waals surface area (Å²) in [5.74, 6) is 1.35. The summed E-state index contributed by atoms with van der Waals surface area (Å²) < 4.78 is 5.36. The van der Waals surface area contributed by atoms with E-state index in [1.807, 2.05) is 36.5 Å². The lowest BCUT2D eigenvalue weighted by Crippen LogP contribution is -2.26. The number of hydrogen-bond acceptors (Lipinski definition) is 3. The topological polar surface area (TPSA) is 67.0 Å². The van der Waals surface area contributed by atoms with Gasteiger partial charge in [-0.3, -0.25) is 9.78 Å². The Morgan fingerprint density at radius 3 is 2.69 bits per heavy atom. The number of ether oxygens (including phenoxy) is 1. The summed E-state index contributed by atoms with van der Waals surface area (Å²) in [4.78, 5) is 19.8. The van der Waals surface area contributed by atoms with E-state index in [1.54, 1.807) is 19.5 Å². The lowest BCUT2D eigenvalue weighted by Gasteiger charge is -2.20. The van der Waals surface area contributed by atoms with Crippen LogP contribution in [0.5, 0.6) is 5.75 Å². The number of fused-ring (bicyclic) bond motifs is 1. The second-order valence-corrected chi connectivity index (χ2v) is 6.84. The fourth-order valence-electron chi connectivity index (χ4n) is 3.23. The van der Waals surface area contributed by atoms with Gasteiger partial charge in [0.15, 0.2) is 0 Å². The highest BCUT2D eigenvalue weighted by Crippen LogP contribution is 2.34. The Balaban J connectivity index is 1.76. The van der Waals surface area contributed by atoms with E-state index in [4.69, 9.17) is 4.74 Å². The number of carbonyl (C=O) groups is 1. The molecule has 2 heterocycles. The van der Waals surface area contributed by atoms with Crippen LogP contribution in [0, 0.1) is 5.92 Å². The smallest absolute Gasteiger partial charge is 0.220 e. The van der Waals surface area contributed by atoms with E-state index in [9.17, 15) is 4.79 Å². The van der Waals surface area contributed by atoms with Gasteiger partial charge in [0.1, 0.15) is 5.75 Å². The van der Waals surface area contributed by atoms with E-state index < -0.39 is 0 Å². The van der Waals surface area contributed by atoms with Crippen LogP contribution in [-0.2, 0) is 11.3 Å². The van der Waals surface area contributed by atoms with Crippen molar-refractivity contribution in [3.8, 4) is 5.75 Å². The van der Waals surface area contributed by atoms with E-state index in [1.165, 1.54) is 0 Å². The number of benzene rings is 1. The summed E-state index contributed by atoms with van der Waals surface area (Å²) in [5.41, 5.74) is 3.27. The van der Waals surface area contributed by atoms with Gasteiger partial charge in [0.25, 0.3) is 0 Å². The van der Waals surface area contributed by atoms with Gasteiger partial charge >= 0.3 is 0 Å². The molecule has 1 amide bonds. The Hall–Kier alpha value is -2.82. The van der Waals surface area contributed by atoms with E-state index in [2.05, 4.69) is 29.1 Å². The van der Waals surface area contributed by atoms with Crippen molar-refractivity contribution in [1.29, 1.82) is 0 Å². The number of nitrogens with one attached hydrogen (secondary N) is 2. The van der Waals surface area contributed by atoms with Crippen molar-refractivity contribution in [3.05, 3.63) is 60.0 Å². The monoisotopic (exact) mass is 351 g/mol. The minimum absolute atomic E-state index is 0.0535. The number of rotatable bonds is 7. The molecule has 0 saturated heterocycles. The summed E-state index contributed by atoms with van der Waals surface area (Å²) >= 11 is 0. The molecule has 5 nitrogen and oxygen atoms in total. The second kappa shape index (κ2) is 8.04. The normalized spacial score (nSPS) is 12.3. The quantitative estimate of drug-likeness (QED) is 0.676. The van der Waals surface area contributed by atoms with Crippen LogP contribution < -0.4 is 10.1 Å². The first-order chi connectivity index (χ1) is 12.6. The molecular weight excluding hydrogens is 326 g/mol. The molecular formula is C21H25N3O2. The van der Waals surface area contributed by atoms with Crippen molar-refractivity contribution in [2.24, 2.45) is 5.92 Å². The maximum atomic E-state index is 12.5. The fourth-order valence-corrected chi connectivity index (χ4v) is 3.23. The summed E-state index contributed by atoms with van der Waals surface area (Å²) in [6.45, 7) is 4.83. The van der Waals surface area contributed by atoms with Gasteiger partial charge in [-0.05, 0) is 53.3 Å². The van der Waals surface area contributed by atoms with Crippen molar-refractivity contribution >= 4 is 16.8 Å². The van der Waals surface area contributed by atoms with E-state index >= 15 is 0 Å². The lowest BCUT2D eigenvalue weighted by molar-refractivity contribution is -0.121. The number of methoxy groups -OCH3 is 1. The standard InChI is InChI=1S/C21H25N3O2/c1-14(2)17(11-21(25)24-12-15-6-8-22-9-7-15)19-13-23-20-5-4-16(26-3)10-18(19)20/h4-10,13-14,17,23H,11-12H2,1-3H3,(H,24,25). The number of hydrogen-bond donors (Lipinski definition) is 2. The molecule has 3 aromatic rings. The highest BCUT2D eigenvalue weighted by Gasteiger charge is 2.22. The molecule has 5 heteroatoms. The van der Waals surface area contributed by atoms with Crippen LogP contribution >= 0.6 is 0 Å². The third-order valence-electron chi connectivity index (χ3n) is 4.77. The molecule has 1 aromatic carbocycles. The van der Waals surface area contributed by atoms with Gasteiger partial charge in [0, 0.05) is 42.5 Å². The lowest BCUT2D eigenvalue weighted by atomic mass is 9.85. The van der Waals surface area contributed by atoms with Crippen LogP contribution in [0.15, 0.2) is 48.9 Å². The van der Waals surface area contributed by atoms with Gasteiger partial charge in [-0.1, -0.05) is 13.8 Å². The summed E-state index contributed by atoms with van der Waals surface area (Å²) in [6, 6.07) is 9.80. The zero-order valence-corrected chi connectivity index (χ0v) is 15.5. The largest absolute Gasteiger partial charge is 0.497 e. The molecule has 0 aliphatic carbocycles. The average molecular weight is 351 g/mol. The van der Waals surface area contributed by atoms with E-state index in [0.29, 0.717) is 18.9 Å². The van der Waals surface area contributed by atoms with Crippen LogP contribution in [-0.4, -0.2) is 23.0 Å². The number of nitrogens with zero attached hydrogens (tertiary/aromatic N) is 1. The molecule has 0 aliphatic heterocycles. The SMILES string of the molecule is COc1ccc2[nH]cc(C(CC(=O)NCc3ccncc3)C(C)C)c2c1. The maximum absolute atomic E-state index is 12.5. The maximum Gasteiger partial charge on any atom is 0.220 e. The first kappa shape index (κ1) is 18.0. The molecule has 0 aliphatic rings. The Morgan fingerprint density at radius 1 is 1.23 bits per heavy atom. The molecule has 0 saturated carbocycles. The van der Waals surface area contributed by atoms with Crippen molar-refractivity contribution in [2.45, 2.75) is 32.7 Å². The first-order valence-corrected chi connectivity index (χ1v) is 8.89. The van der Waals surface area contributed by atoms with Crippen LogP contribution in [0.2, 0.25) is 0 Å². The number of aromatic nitrogens is 2. The molecule has 2 aromatic heterocycles. The van der Waals surface area contributed by atoms with Crippen LogP contribution in [0.3, 0.4) is 0 Å². The summed E-state index contributed by atoms with van der Waals surface area (Å²) in [6.07, 6.45) is 5.94. The van der Waals surface area contributed by atoms with Crippen LogP contribution in [0.25, 0.3) is 10.9 Å².